The molecule has 27 heavy (non-hydrogen) atoms. The molecule has 3 heterocycles. The fourth-order valence-electron chi connectivity index (χ4n) is 3.41. The first kappa shape index (κ1) is 15.7. The zero-order valence-electron chi connectivity index (χ0n) is 14.8. The number of carbonyl (C=O) groups is 1. The summed E-state index contributed by atoms with van der Waals surface area (Å²) in [5.41, 5.74) is 3.76. The first-order valence-corrected chi connectivity index (χ1v) is 8.87. The van der Waals surface area contributed by atoms with E-state index in [1.165, 1.54) is 0 Å². The van der Waals surface area contributed by atoms with Gasteiger partial charge in [-0.15, -0.1) is 0 Å². The van der Waals surface area contributed by atoms with Crippen LogP contribution in [-0.2, 0) is 11.8 Å². The normalized spacial score (nSPS) is 18.6. The van der Waals surface area contributed by atoms with Crippen LogP contribution in [0.15, 0.2) is 61.3 Å². The number of hydrogen-bond acceptors (Lipinski definition) is 4. The van der Waals surface area contributed by atoms with Crippen molar-refractivity contribution in [2.45, 2.75) is 12.3 Å². The molecule has 1 amide bonds. The van der Waals surface area contributed by atoms with Gasteiger partial charge >= 0.3 is 0 Å². The standard InChI is InChI=1S/C20H18N6O/c1-25-11-14(10-22-25)16-9-17(16)19(27)23-15-5-3-13(4-6-15)18-12-26-8-2-7-21-20(26)24-18/h2-8,10-12,16-17H,9H2,1H3,(H,23,27). The number of aryl methyl sites for hydroxylation is 1. The molecule has 1 fully saturated rings. The summed E-state index contributed by atoms with van der Waals surface area (Å²) in [7, 11) is 1.89. The minimum atomic E-state index is 0.0263. The molecule has 2 unspecified atom stereocenters. The monoisotopic (exact) mass is 358 g/mol. The Labute approximate surface area is 155 Å². The van der Waals surface area contributed by atoms with E-state index in [-0.39, 0.29) is 17.7 Å². The van der Waals surface area contributed by atoms with E-state index in [1.54, 1.807) is 10.9 Å². The zero-order chi connectivity index (χ0) is 18.4. The molecule has 5 rings (SSSR count). The van der Waals surface area contributed by atoms with Gasteiger partial charge < -0.3 is 5.32 Å². The highest BCUT2D eigenvalue weighted by Gasteiger charge is 2.44. The Morgan fingerprint density at radius 1 is 1.22 bits per heavy atom. The molecule has 0 aliphatic heterocycles. The fourth-order valence-corrected chi connectivity index (χ4v) is 3.41. The van der Waals surface area contributed by atoms with Gasteiger partial charge in [-0.25, -0.2) is 9.97 Å². The number of hydrogen-bond donors (Lipinski definition) is 1. The molecule has 1 aliphatic carbocycles. The van der Waals surface area contributed by atoms with Gasteiger partial charge in [0.05, 0.1) is 11.9 Å². The van der Waals surface area contributed by atoms with Gasteiger partial charge in [-0.1, -0.05) is 12.1 Å². The summed E-state index contributed by atoms with van der Waals surface area (Å²) in [5, 5.41) is 7.19. The minimum absolute atomic E-state index is 0.0263. The average Bonchev–Trinajstić information content (AvgIpc) is 3.17. The van der Waals surface area contributed by atoms with Crippen molar-refractivity contribution in [2.75, 3.05) is 5.32 Å². The van der Waals surface area contributed by atoms with E-state index < -0.39 is 0 Å². The third kappa shape index (κ3) is 2.97. The lowest BCUT2D eigenvalue weighted by atomic mass is 10.1. The van der Waals surface area contributed by atoms with Crippen LogP contribution in [0.5, 0.6) is 0 Å². The SMILES string of the molecule is Cn1cc(C2CC2C(=O)Nc2ccc(-c3cn4cccnc4n3)cc2)cn1. The van der Waals surface area contributed by atoms with Gasteiger partial charge in [-0.05, 0) is 36.1 Å². The van der Waals surface area contributed by atoms with Crippen LogP contribution < -0.4 is 5.32 Å². The Morgan fingerprint density at radius 3 is 2.81 bits per heavy atom. The lowest BCUT2D eigenvalue weighted by Gasteiger charge is -2.05. The molecule has 0 spiro atoms. The maximum absolute atomic E-state index is 12.5. The first-order chi connectivity index (χ1) is 13.2. The number of nitrogens with zero attached hydrogens (tertiary/aromatic N) is 5. The molecular weight excluding hydrogens is 340 g/mol. The Balaban J connectivity index is 1.27. The van der Waals surface area contributed by atoms with E-state index in [0.29, 0.717) is 5.78 Å². The quantitative estimate of drug-likeness (QED) is 0.608. The van der Waals surface area contributed by atoms with E-state index in [1.807, 2.05) is 66.6 Å². The highest BCUT2D eigenvalue weighted by molar-refractivity contribution is 5.95. The summed E-state index contributed by atoms with van der Waals surface area (Å²) < 4.78 is 3.66. The van der Waals surface area contributed by atoms with Crippen LogP contribution >= 0.6 is 0 Å². The van der Waals surface area contributed by atoms with Crippen molar-refractivity contribution >= 4 is 17.4 Å². The third-order valence-corrected chi connectivity index (χ3v) is 4.96. The molecule has 7 nitrogen and oxygen atoms in total. The summed E-state index contributed by atoms with van der Waals surface area (Å²) in [6, 6.07) is 9.61. The summed E-state index contributed by atoms with van der Waals surface area (Å²) in [6.07, 6.45) is 10.3. The summed E-state index contributed by atoms with van der Waals surface area (Å²) in [6.45, 7) is 0. The van der Waals surface area contributed by atoms with Gasteiger partial charge in [-0.3, -0.25) is 13.9 Å². The summed E-state index contributed by atoms with van der Waals surface area (Å²) >= 11 is 0. The zero-order valence-corrected chi connectivity index (χ0v) is 14.8. The number of aromatic nitrogens is 5. The van der Waals surface area contributed by atoms with E-state index in [4.69, 9.17) is 0 Å². The molecule has 0 radical (unpaired) electrons. The van der Waals surface area contributed by atoms with Crippen molar-refractivity contribution in [3.05, 3.63) is 66.9 Å². The molecule has 1 aliphatic rings. The van der Waals surface area contributed by atoms with Gasteiger partial charge in [-0.2, -0.15) is 5.10 Å². The van der Waals surface area contributed by atoms with E-state index in [9.17, 15) is 4.79 Å². The van der Waals surface area contributed by atoms with Crippen LogP contribution in [0.3, 0.4) is 0 Å². The maximum atomic E-state index is 12.5. The van der Waals surface area contributed by atoms with Crippen LogP contribution in [0.2, 0.25) is 0 Å². The number of benzene rings is 1. The lowest BCUT2D eigenvalue weighted by Crippen LogP contribution is -2.14. The van der Waals surface area contributed by atoms with Crippen molar-refractivity contribution in [1.29, 1.82) is 0 Å². The van der Waals surface area contributed by atoms with Crippen molar-refractivity contribution in [2.24, 2.45) is 13.0 Å². The Hall–Kier alpha value is -3.48. The Bertz CT molecular complexity index is 1090. The molecule has 3 aromatic heterocycles. The molecule has 7 heteroatoms. The van der Waals surface area contributed by atoms with Crippen molar-refractivity contribution in [3.8, 4) is 11.3 Å². The Kier molecular flexibility index (Phi) is 3.53. The van der Waals surface area contributed by atoms with Crippen LogP contribution in [0.4, 0.5) is 5.69 Å². The molecule has 1 saturated carbocycles. The molecule has 2 atom stereocenters. The van der Waals surface area contributed by atoms with E-state index in [0.717, 1.165) is 28.9 Å². The molecule has 4 aromatic rings. The topological polar surface area (TPSA) is 77.1 Å². The third-order valence-electron chi connectivity index (χ3n) is 4.96. The fraction of sp³-hybridized carbons (Fsp3) is 0.200. The predicted molar refractivity (Wildman–Crippen MR) is 101 cm³/mol. The van der Waals surface area contributed by atoms with Gasteiger partial charge in [0.1, 0.15) is 0 Å². The highest BCUT2D eigenvalue weighted by Crippen LogP contribution is 2.47. The minimum Gasteiger partial charge on any atom is -0.326 e. The predicted octanol–water partition coefficient (Wildman–Crippen LogP) is 2.87. The summed E-state index contributed by atoms with van der Waals surface area (Å²) in [5.74, 6) is 1.04. The van der Waals surface area contributed by atoms with Crippen LogP contribution in [0, 0.1) is 5.92 Å². The molecule has 0 bridgehead atoms. The number of rotatable bonds is 4. The van der Waals surface area contributed by atoms with Gasteiger partial charge in [0.2, 0.25) is 11.7 Å². The lowest BCUT2D eigenvalue weighted by molar-refractivity contribution is -0.117. The second kappa shape index (κ2) is 6.05. The van der Waals surface area contributed by atoms with Gasteiger partial charge in [0, 0.05) is 49.0 Å². The second-order valence-corrected chi connectivity index (χ2v) is 6.92. The van der Waals surface area contributed by atoms with E-state index in [2.05, 4.69) is 20.4 Å². The van der Waals surface area contributed by atoms with Crippen LogP contribution in [0.25, 0.3) is 17.0 Å². The van der Waals surface area contributed by atoms with Crippen molar-refractivity contribution in [1.82, 2.24) is 24.1 Å². The van der Waals surface area contributed by atoms with Crippen molar-refractivity contribution < 1.29 is 4.79 Å². The smallest absolute Gasteiger partial charge is 0.234 e. The maximum Gasteiger partial charge on any atom is 0.234 e. The molecule has 134 valence electrons. The number of nitrogens with one attached hydrogen (secondary N) is 1. The Morgan fingerprint density at radius 2 is 2.07 bits per heavy atom. The average molecular weight is 358 g/mol. The number of amides is 1. The van der Waals surface area contributed by atoms with Gasteiger partial charge in [0.15, 0.2) is 0 Å². The highest BCUT2D eigenvalue weighted by atomic mass is 16.2. The molecular formula is C20H18N6O. The van der Waals surface area contributed by atoms with Crippen LogP contribution in [-0.4, -0.2) is 30.1 Å². The number of imidazole rings is 1. The number of anilines is 1. The molecule has 0 saturated heterocycles. The first-order valence-electron chi connectivity index (χ1n) is 8.87. The second-order valence-electron chi connectivity index (χ2n) is 6.92. The number of carbonyl (C=O) groups excluding carboxylic acids is 1. The largest absolute Gasteiger partial charge is 0.326 e. The van der Waals surface area contributed by atoms with E-state index >= 15 is 0 Å². The number of fused-ring (bicyclic) bond motifs is 1. The van der Waals surface area contributed by atoms with Crippen LogP contribution in [0.1, 0.15) is 17.9 Å². The molecule has 1 aromatic carbocycles. The summed E-state index contributed by atoms with van der Waals surface area (Å²) in [4.78, 5) is 21.2. The van der Waals surface area contributed by atoms with Gasteiger partial charge in [0.25, 0.3) is 0 Å². The molecule has 1 N–H and O–H groups in total. The van der Waals surface area contributed by atoms with Crippen molar-refractivity contribution in [3.63, 3.8) is 0 Å².